The number of carbonyl (C=O) groups is 1. The Morgan fingerprint density at radius 3 is 2.29 bits per heavy atom. The molecule has 28 heavy (non-hydrogen) atoms. The summed E-state index contributed by atoms with van der Waals surface area (Å²) < 4.78 is 10.7. The minimum absolute atomic E-state index is 0.210. The molecule has 1 amide bonds. The molecule has 1 saturated carbocycles. The first-order valence-electron chi connectivity index (χ1n) is 10.9. The molecule has 1 N–H and O–H groups in total. The first kappa shape index (κ1) is 21.2. The monoisotopic (exact) mass is 395 g/mol. The molecule has 3 aliphatic rings. The van der Waals surface area contributed by atoms with E-state index < -0.39 is 0 Å². The lowest BCUT2D eigenvalue weighted by molar-refractivity contribution is -0.0355. The van der Waals surface area contributed by atoms with Crippen LogP contribution in [0.25, 0.3) is 0 Å². The number of amides is 1. The number of morpholine rings is 1. The van der Waals surface area contributed by atoms with Gasteiger partial charge in [-0.25, -0.2) is 4.79 Å². The van der Waals surface area contributed by atoms with Crippen LogP contribution in [0.4, 0.5) is 4.79 Å². The third kappa shape index (κ3) is 5.08. The quantitative estimate of drug-likeness (QED) is 0.573. The van der Waals surface area contributed by atoms with Crippen molar-refractivity contribution in [2.75, 3.05) is 72.7 Å². The average molecular weight is 396 g/mol. The van der Waals surface area contributed by atoms with Crippen LogP contribution in [-0.4, -0.2) is 105 Å². The zero-order chi connectivity index (χ0) is 19.8. The lowest BCUT2D eigenvalue weighted by Gasteiger charge is -2.48. The van der Waals surface area contributed by atoms with Crippen molar-refractivity contribution in [1.29, 1.82) is 0 Å². The minimum atomic E-state index is -0.210. The molecule has 2 heterocycles. The van der Waals surface area contributed by atoms with Crippen LogP contribution in [0.3, 0.4) is 0 Å². The SMILES string of the molecule is CCOC(=O)N1CCN(C(=NC)NCC2(N3CCOCC3)CCCCC2)CC1. The maximum absolute atomic E-state index is 11.9. The van der Waals surface area contributed by atoms with Crippen LogP contribution >= 0.6 is 0 Å². The van der Waals surface area contributed by atoms with Crippen molar-refractivity contribution in [3.8, 4) is 0 Å². The number of nitrogens with one attached hydrogen (secondary N) is 1. The number of hydrogen-bond donors (Lipinski definition) is 1. The highest BCUT2D eigenvalue weighted by molar-refractivity contribution is 5.80. The van der Waals surface area contributed by atoms with Crippen molar-refractivity contribution < 1.29 is 14.3 Å². The Balaban J connectivity index is 1.55. The smallest absolute Gasteiger partial charge is 0.409 e. The Morgan fingerprint density at radius 1 is 1.04 bits per heavy atom. The Labute approximate surface area is 169 Å². The largest absolute Gasteiger partial charge is 0.450 e. The molecule has 1 aliphatic carbocycles. The molecule has 0 aromatic heterocycles. The molecule has 0 spiro atoms. The second-order valence-electron chi connectivity index (χ2n) is 7.96. The van der Waals surface area contributed by atoms with E-state index in [4.69, 9.17) is 9.47 Å². The van der Waals surface area contributed by atoms with Crippen LogP contribution in [0.15, 0.2) is 4.99 Å². The van der Waals surface area contributed by atoms with E-state index in [1.807, 2.05) is 14.0 Å². The van der Waals surface area contributed by atoms with E-state index in [1.54, 1.807) is 4.90 Å². The predicted molar refractivity (Wildman–Crippen MR) is 110 cm³/mol. The van der Waals surface area contributed by atoms with Crippen LogP contribution in [0, 0.1) is 0 Å². The predicted octanol–water partition coefficient (Wildman–Crippen LogP) is 1.37. The summed E-state index contributed by atoms with van der Waals surface area (Å²) >= 11 is 0. The number of hydrogen-bond acceptors (Lipinski definition) is 5. The maximum Gasteiger partial charge on any atom is 0.409 e. The zero-order valence-corrected chi connectivity index (χ0v) is 17.6. The lowest BCUT2D eigenvalue weighted by atomic mass is 9.79. The molecule has 2 aliphatic heterocycles. The van der Waals surface area contributed by atoms with Gasteiger partial charge in [0.25, 0.3) is 0 Å². The number of aliphatic imine (C=N–C) groups is 1. The van der Waals surface area contributed by atoms with Gasteiger partial charge in [0.15, 0.2) is 5.96 Å². The topological polar surface area (TPSA) is 69.6 Å². The molecular formula is C20H37N5O3. The average Bonchev–Trinajstić information content (AvgIpc) is 2.76. The number of ether oxygens (including phenoxy) is 2. The van der Waals surface area contributed by atoms with E-state index in [9.17, 15) is 4.79 Å². The van der Waals surface area contributed by atoms with Gasteiger partial charge >= 0.3 is 6.09 Å². The van der Waals surface area contributed by atoms with Gasteiger partial charge < -0.3 is 24.6 Å². The summed E-state index contributed by atoms with van der Waals surface area (Å²) in [5.41, 5.74) is 0.213. The highest BCUT2D eigenvalue weighted by Gasteiger charge is 2.39. The highest BCUT2D eigenvalue weighted by Crippen LogP contribution is 2.33. The third-order valence-electron chi connectivity index (χ3n) is 6.36. The van der Waals surface area contributed by atoms with E-state index in [0.717, 1.165) is 51.9 Å². The summed E-state index contributed by atoms with van der Waals surface area (Å²) in [7, 11) is 1.85. The molecule has 3 rings (SSSR count). The lowest BCUT2D eigenvalue weighted by Crippen LogP contribution is -2.61. The van der Waals surface area contributed by atoms with E-state index >= 15 is 0 Å². The summed E-state index contributed by atoms with van der Waals surface area (Å²) in [5, 5.41) is 3.67. The van der Waals surface area contributed by atoms with Gasteiger partial charge in [-0.3, -0.25) is 9.89 Å². The summed E-state index contributed by atoms with van der Waals surface area (Å²) in [4.78, 5) is 23.1. The Hall–Kier alpha value is -1.54. The Kier molecular flexibility index (Phi) is 7.79. The van der Waals surface area contributed by atoms with Crippen LogP contribution in [0.1, 0.15) is 39.0 Å². The number of rotatable bonds is 4. The number of nitrogens with zero attached hydrogens (tertiary/aromatic N) is 4. The van der Waals surface area contributed by atoms with Crippen molar-refractivity contribution >= 4 is 12.1 Å². The van der Waals surface area contributed by atoms with Crippen molar-refractivity contribution in [3.63, 3.8) is 0 Å². The van der Waals surface area contributed by atoms with Gasteiger partial charge in [0.05, 0.1) is 19.8 Å². The van der Waals surface area contributed by atoms with Crippen molar-refractivity contribution in [1.82, 2.24) is 20.0 Å². The molecular weight excluding hydrogens is 358 g/mol. The van der Waals surface area contributed by atoms with Gasteiger partial charge in [0, 0.05) is 58.4 Å². The van der Waals surface area contributed by atoms with Gasteiger partial charge in [-0.15, -0.1) is 0 Å². The van der Waals surface area contributed by atoms with Gasteiger partial charge in [-0.2, -0.15) is 0 Å². The fourth-order valence-electron chi connectivity index (χ4n) is 4.74. The fourth-order valence-corrected chi connectivity index (χ4v) is 4.74. The van der Waals surface area contributed by atoms with Crippen molar-refractivity contribution in [2.24, 2.45) is 4.99 Å². The van der Waals surface area contributed by atoms with E-state index in [-0.39, 0.29) is 11.6 Å². The van der Waals surface area contributed by atoms with Crippen molar-refractivity contribution in [3.05, 3.63) is 0 Å². The van der Waals surface area contributed by atoms with Crippen LogP contribution in [0.2, 0.25) is 0 Å². The molecule has 0 atom stereocenters. The molecule has 0 radical (unpaired) electrons. The van der Waals surface area contributed by atoms with Gasteiger partial charge in [0.1, 0.15) is 0 Å². The van der Waals surface area contributed by atoms with E-state index in [0.29, 0.717) is 19.7 Å². The Bertz CT molecular complexity index is 522. The van der Waals surface area contributed by atoms with E-state index in [2.05, 4.69) is 20.1 Å². The van der Waals surface area contributed by atoms with Crippen LogP contribution < -0.4 is 5.32 Å². The van der Waals surface area contributed by atoms with Crippen LogP contribution in [0.5, 0.6) is 0 Å². The number of guanidine groups is 1. The minimum Gasteiger partial charge on any atom is -0.450 e. The molecule has 8 heteroatoms. The zero-order valence-electron chi connectivity index (χ0n) is 17.6. The second kappa shape index (κ2) is 10.3. The third-order valence-corrected chi connectivity index (χ3v) is 6.36. The molecule has 0 bridgehead atoms. The molecule has 0 aromatic carbocycles. The number of carbonyl (C=O) groups excluding carboxylic acids is 1. The van der Waals surface area contributed by atoms with Gasteiger partial charge in [0.2, 0.25) is 0 Å². The fraction of sp³-hybridized carbons (Fsp3) is 0.900. The summed E-state index contributed by atoms with van der Waals surface area (Å²) in [6.07, 6.45) is 6.22. The molecule has 8 nitrogen and oxygen atoms in total. The molecule has 2 saturated heterocycles. The first-order chi connectivity index (χ1) is 13.7. The van der Waals surface area contributed by atoms with Gasteiger partial charge in [-0.1, -0.05) is 19.3 Å². The molecule has 0 aromatic rings. The molecule has 160 valence electrons. The van der Waals surface area contributed by atoms with Crippen molar-refractivity contribution in [2.45, 2.75) is 44.6 Å². The second-order valence-corrected chi connectivity index (χ2v) is 7.96. The van der Waals surface area contributed by atoms with E-state index in [1.165, 1.54) is 32.1 Å². The van der Waals surface area contributed by atoms with Crippen LogP contribution in [-0.2, 0) is 9.47 Å². The first-order valence-corrected chi connectivity index (χ1v) is 10.9. The summed E-state index contributed by atoms with van der Waals surface area (Å²) in [5.74, 6) is 0.946. The molecule has 0 unspecified atom stereocenters. The number of piperazine rings is 1. The normalized spacial score (nSPS) is 24.1. The standard InChI is InChI=1S/C20H37N5O3/c1-3-28-19(26)24-11-9-23(10-12-24)18(21-2)22-17-20(7-5-4-6-8-20)25-13-15-27-16-14-25/h3-17H2,1-2H3,(H,21,22). The Morgan fingerprint density at radius 2 is 1.68 bits per heavy atom. The van der Waals surface area contributed by atoms with Gasteiger partial charge in [-0.05, 0) is 19.8 Å². The highest BCUT2D eigenvalue weighted by atomic mass is 16.6. The maximum atomic E-state index is 11.9. The molecule has 3 fully saturated rings. The summed E-state index contributed by atoms with van der Waals surface area (Å²) in [6.45, 7) is 9.84. The summed E-state index contributed by atoms with van der Waals surface area (Å²) in [6, 6.07) is 0.